The Morgan fingerprint density at radius 1 is 1.53 bits per heavy atom. The topological polar surface area (TPSA) is 79.2 Å². The van der Waals surface area contributed by atoms with Crippen molar-refractivity contribution >= 4 is 46.7 Å². The standard InChI is InChI=1S/C7H7Cl3N2O3/c1-4(13)15-6(7(8,9)10)12-5(14)2-3-11/h6H,2H2,1H3,(H,12,14). The molecular formula is C7H7Cl3N2O3. The van der Waals surface area contributed by atoms with Gasteiger partial charge in [-0.3, -0.25) is 9.59 Å². The highest BCUT2D eigenvalue weighted by atomic mass is 35.6. The molecule has 1 unspecified atom stereocenters. The van der Waals surface area contributed by atoms with Crippen molar-refractivity contribution in [2.24, 2.45) is 0 Å². The fraction of sp³-hybridized carbons (Fsp3) is 0.571. The molecule has 8 heteroatoms. The third-order valence-electron chi connectivity index (χ3n) is 1.11. The van der Waals surface area contributed by atoms with Gasteiger partial charge >= 0.3 is 5.97 Å². The van der Waals surface area contributed by atoms with E-state index < -0.39 is 28.3 Å². The molecular weight excluding hydrogens is 266 g/mol. The number of nitrogens with one attached hydrogen (secondary N) is 1. The predicted molar refractivity (Wildman–Crippen MR) is 54.2 cm³/mol. The van der Waals surface area contributed by atoms with Gasteiger partial charge in [0.1, 0.15) is 6.42 Å². The van der Waals surface area contributed by atoms with E-state index in [1.807, 2.05) is 0 Å². The highest BCUT2D eigenvalue weighted by molar-refractivity contribution is 6.68. The normalized spacial score (nSPS) is 12.5. The fourth-order valence-electron chi connectivity index (χ4n) is 0.613. The second-order valence-corrected chi connectivity index (χ2v) is 4.80. The van der Waals surface area contributed by atoms with Crippen molar-refractivity contribution in [3.63, 3.8) is 0 Å². The van der Waals surface area contributed by atoms with Crippen LogP contribution in [0.3, 0.4) is 0 Å². The summed E-state index contributed by atoms with van der Waals surface area (Å²) >= 11 is 16.3. The summed E-state index contributed by atoms with van der Waals surface area (Å²) in [5, 5.41) is 10.3. The van der Waals surface area contributed by atoms with Gasteiger partial charge in [0.2, 0.25) is 15.9 Å². The average Bonchev–Trinajstić information content (AvgIpc) is 2.00. The lowest BCUT2D eigenvalue weighted by Gasteiger charge is -2.24. The van der Waals surface area contributed by atoms with Crippen LogP contribution in [0, 0.1) is 11.3 Å². The maximum absolute atomic E-state index is 11.0. The molecule has 1 atom stereocenters. The highest BCUT2D eigenvalue weighted by Gasteiger charge is 2.36. The minimum atomic E-state index is -1.99. The Balaban J connectivity index is 4.46. The van der Waals surface area contributed by atoms with E-state index in [2.05, 4.69) is 10.1 Å². The van der Waals surface area contributed by atoms with E-state index in [0.717, 1.165) is 6.92 Å². The number of carbonyl (C=O) groups is 2. The molecule has 15 heavy (non-hydrogen) atoms. The minimum absolute atomic E-state index is 0.418. The van der Waals surface area contributed by atoms with Crippen molar-refractivity contribution in [3.8, 4) is 6.07 Å². The van der Waals surface area contributed by atoms with Gasteiger partial charge < -0.3 is 10.1 Å². The van der Waals surface area contributed by atoms with Gasteiger partial charge in [-0.25, -0.2) is 0 Å². The molecule has 0 bridgehead atoms. The lowest BCUT2D eigenvalue weighted by atomic mass is 10.4. The second kappa shape index (κ2) is 6.01. The molecule has 0 aliphatic heterocycles. The molecule has 0 aromatic carbocycles. The number of hydrogen-bond acceptors (Lipinski definition) is 4. The van der Waals surface area contributed by atoms with Crippen molar-refractivity contribution in [1.82, 2.24) is 5.32 Å². The fourth-order valence-corrected chi connectivity index (χ4v) is 0.910. The third-order valence-corrected chi connectivity index (χ3v) is 1.71. The Morgan fingerprint density at radius 2 is 2.07 bits per heavy atom. The number of nitrogens with zero attached hydrogens (tertiary/aromatic N) is 1. The number of carbonyl (C=O) groups excluding carboxylic acids is 2. The van der Waals surface area contributed by atoms with Gasteiger partial charge in [0.25, 0.3) is 0 Å². The van der Waals surface area contributed by atoms with E-state index in [0.29, 0.717) is 0 Å². The average molecular weight is 274 g/mol. The van der Waals surface area contributed by atoms with Gasteiger partial charge in [0, 0.05) is 6.92 Å². The third kappa shape index (κ3) is 6.39. The first-order valence-electron chi connectivity index (χ1n) is 3.67. The molecule has 0 aromatic rings. The summed E-state index contributed by atoms with van der Waals surface area (Å²) in [5.74, 6) is -1.42. The van der Waals surface area contributed by atoms with Crippen LogP contribution in [-0.2, 0) is 14.3 Å². The van der Waals surface area contributed by atoms with E-state index in [1.54, 1.807) is 6.07 Å². The molecule has 0 rings (SSSR count). The van der Waals surface area contributed by atoms with Crippen LogP contribution in [0.1, 0.15) is 13.3 Å². The number of esters is 1. The molecule has 0 heterocycles. The van der Waals surface area contributed by atoms with Crippen LogP contribution in [0.4, 0.5) is 0 Å². The zero-order valence-corrected chi connectivity index (χ0v) is 9.86. The Hall–Kier alpha value is -0.700. The highest BCUT2D eigenvalue weighted by Crippen LogP contribution is 2.31. The lowest BCUT2D eigenvalue weighted by molar-refractivity contribution is -0.149. The molecule has 5 nitrogen and oxygen atoms in total. The van der Waals surface area contributed by atoms with Crippen LogP contribution < -0.4 is 5.32 Å². The molecule has 0 aliphatic carbocycles. The van der Waals surface area contributed by atoms with Gasteiger partial charge in [0.15, 0.2) is 0 Å². The van der Waals surface area contributed by atoms with Gasteiger partial charge in [-0.15, -0.1) is 0 Å². The molecule has 0 saturated carbocycles. The van der Waals surface area contributed by atoms with Crippen LogP contribution in [0.15, 0.2) is 0 Å². The predicted octanol–water partition coefficient (Wildman–Crippen LogP) is 1.28. The van der Waals surface area contributed by atoms with E-state index >= 15 is 0 Å². The van der Waals surface area contributed by atoms with Crippen molar-refractivity contribution in [2.75, 3.05) is 0 Å². The zero-order chi connectivity index (χ0) is 12.1. The van der Waals surface area contributed by atoms with Crippen LogP contribution in [0.25, 0.3) is 0 Å². The Morgan fingerprint density at radius 3 is 2.40 bits per heavy atom. The summed E-state index contributed by atoms with van der Waals surface area (Å²) in [5.41, 5.74) is 0. The van der Waals surface area contributed by atoms with Gasteiger partial charge in [0.05, 0.1) is 6.07 Å². The molecule has 84 valence electrons. The number of hydrogen-bond donors (Lipinski definition) is 1. The monoisotopic (exact) mass is 272 g/mol. The Labute approximate surface area is 101 Å². The van der Waals surface area contributed by atoms with Gasteiger partial charge in [-0.2, -0.15) is 5.26 Å². The minimum Gasteiger partial charge on any atom is -0.437 e. The van der Waals surface area contributed by atoms with Crippen LogP contribution in [0.5, 0.6) is 0 Å². The largest absolute Gasteiger partial charge is 0.437 e. The zero-order valence-electron chi connectivity index (χ0n) is 7.59. The van der Waals surface area contributed by atoms with Crippen molar-refractivity contribution in [3.05, 3.63) is 0 Å². The molecule has 0 fully saturated rings. The number of nitriles is 1. The SMILES string of the molecule is CC(=O)OC(NC(=O)CC#N)C(Cl)(Cl)Cl. The summed E-state index contributed by atoms with van der Waals surface area (Å²) in [6.07, 6.45) is -1.83. The smallest absolute Gasteiger partial charge is 0.304 e. The van der Waals surface area contributed by atoms with Crippen molar-refractivity contribution in [2.45, 2.75) is 23.4 Å². The van der Waals surface area contributed by atoms with Gasteiger partial charge in [-0.1, -0.05) is 34.8 Å². The summed E-state index contributed by atoms with van der Waals surface area (Å²) in [6.45, 7) is 1.10. The van der Waals surface area contributed by atoms with E-state index in [-0.39, 0.29) is 0 Å². The summed E-state index contributed by atoms with van der Waals surface area (Å²) in [6, 6.07) is 1.60. The summed E-state index contributed by atoms with van der Waals surface area (Å²) in [7, 11) is 0. The molecule has 1 N–H and O–H groups in total. The molecule has 0 aliphatic rings. The lowest BCUT2D eigenvalue weighted by Crippen LogP contribution is -2.46. The first-order chi connectivity index (χ1) is 6.77. The van der Waals surface area contributed by atoms with Crippen molar-refractivity contribution in [1.29, 1.82) is 5.26 Å². The van der Waals surface area contributed by atoms with Gasteiger partial charge in [-0.05, 0) is 0 Å². The summed E-state index contributed by atoms with van der Waals surface area (Å²) in [4.78, 5) is 21.6. The number of rotatable bonds is 3. The van der Waals surface area contributed by atoms with E-state index in [4.69, 9.17) is 40.1 Å². The number of halogens is 3. The number of alkyl halides is 3. The van der Waals surface area contributed by atoms with E-state index in [1.165, 1.54) is 0 Å². The molecule has 0 radical (unpaired) electrons. The number of ether oxygens (including phenoxy) is 1. The maximum atomic E-state index is 11.0. The maximum Gasteiger partial charge on any atom is 0.304 e. The van der Waals surface area contributed by atoms with Crippen molar-refractivity contribution < 1.29 is 14.3 Å². The van der Waals surface area contributed by atoms with Crippen LogP contribution in [0.2, 0.25) is 0 Å². The molecule has 0 saturated heterocycles. The van der Waals surface area contributed by atoms with Crippen LogP contribution >= 0.6 is 34.8 Å². The Kier molecular flexibility index (Phi) is 5.73. The van der Waals surface area contributed by atoms with E-state index in [9.17, 15) is 9.59 Å². The molecule has 0 spiro atoms. The Bertz CT molecular complexity index is 295. The molecule has 1 amide bonds. The quantitative estimate of drug-likeness (QED) is 0.477. The molecule has 0 aromatic heterocycles. The second-order valence-electron chi connectivity index (χ2n) is 2.43. The number of amides is 1. The first-order valence-corrected chi connectivity index (χ1v) is 4.81. The summed E-state index contributed by atoms with van der Waals surface area (Å²) < 4.78 is 2.57. The first kappa shape index (κ1) is 14.3. The van der Waals surface area contributed by atoms with Crippen LogP contribution in [-0.4, -0.2) is 21.9 Å².